The molecule has 0 heterocycles. The maximum Gasteiger partial charge on any atom is 0.391 e. The van der Waals surface area contributed by atoms with Crippen LogP contribution in [-0.2, 0) is 4.74 Å². The molecule has 1 fully saturated rings. The van der Waals surface area contributed by atoms with Gasteiger partial charge in [0, 0.05) is 6.61 Å². The maximum atomic E-state index is 12.3. The number of nitrogens with two attached hydrogens (primary N) is 1. The van der Waals surface area contributed by atoms with Crippen LogP contribution in [0.25, 0.3) is 0 Å². The van der Waals surface area contributed by atoms with Gasteiger partial charge in [-0.15, -0.1) is 0 Å². The maximum absolute atomic E-state index is 12.3. The molecule has 0 radical (unpaired) electrons. The predicted octanol–water partition coefficient (Wildman–Crippen LogP) is 2.43. The van der Waals surface area contributed by atoms with E-state index in [9.17, 15) is 13.2 Å². The zero-order chi connectivity index (χ0) is 10.8. The highest BCUT2D eigenvalue weighted by Crippen LogP contribution is 2.40. The lowest BCUT2D eigenvalue weighted by Crippen LogP contribution is -2.47. The number of rotatable bonds is 2. The van der Waals surface area contributed by atoms with Crippen molar-refractivity contribution in [1.82, 2.24) is 0 Å². The number of ether oxygens (including phenoxy) is 1. The van der Waals surface area contributed by atoms with Crippen LogP contribution in [0.1, 0.15) is 32.6 Å². The van der Waals surface area contributed by atoms with Gasteiger partial charge in [-0.1, -0.05) is 0 Å². The molecule has 0 saturated heterocycles. The first kappa shape index (κ1) is 11.8. The Hall–Kier alpha value is -0.290. The van der Waals surface area contributed by atoms with E-state index in [0.717, 1.165) is 0 Å². The van der Waals surface area contributed by atoms with E-state index >= 15 is 0 Å². The molecule has 5 heteroatoms. The average molecular weight is 211 g/mol. The SMILES string of the molecule is CCOC1(N)CCC(C(F)(F)F)CC1. The Labute approximate surface area is 81.6 Å². The number of alkyl halides is 3. The molecule has 0 aliphatic heterocycles. The zero-order valence-electron chi connectivity index (χ0n) is 8.23. The van der Waals surface area contributed by atoms with E-state index in [0.29, 0.717) is 19.4 Å². The summed E-state index contributed by atoms with van der Waals surface area (Å²) in [6, 6.07) is 0. The molecule has 2 nitrogen and oxygen atoms in total. The van der Waals surface area contributed by atoms with Gasteiger partial charge in [0.2, 0.25) is 0 Å². The Kier molecular flexibility index (Phi) is 3.42. The third kappa shape index (κ3) is 2.85. The van der Waals surface area contributed by atoms with Crippen molar-refractivity contribution >= 4 is 0 Å². The minimum absolute atomic E-state index is 0.0833. The van der Waals surface area contributed by atoms with E-state index < -0.39 is 17.8 Å². The van der Waals surface area contributed by atoms with E-state index in [1.807, 2.05) is 0 Å². The third-order valence-corrected chi connectivity index (χ3v) is 2.73. The van der Waals surface area contributed by atoms with Crippen LogP contribution in [0, 0.1) is 5.92 Å². The highest BCUT2D eigenvalue weighted by Gasteiger charge is 2.44. The van der Waals surface area contributed by atoms with E-state index in [-0.39, 0.29) is 12.8 Å². The molecule has 1 aliphatic carbocycles. The lowest BCUT2D eigenvalue weighted by atomic mass is 9.83. The summed E-state index contributed by atoms with van der Waals surface area (Å²) in [5.74, 6) is -1.19. The van der Waals surface area contributed by atoms with Crippen molar-refractivity contribution in [2.45, 2.75) is 44.5 Å². The zero-order valence-corrected chi connectivity index (χ0v) is 8.23. The highest BCUT2D eigenvalue weighted by atomic mass is 19.4. The topological polar surface area (TPSA) is 35.2 Å². The van der Waals surface area contributed by atoms with Gasteiger partial charge in [0.05, 0.1) is 5.92 Å². The second kappa shape index (κ2) is 4.06. The van der Waals surface area contributed by atoms with Gasteiger partial charge in [-0.2, -0.15) is 13.2 Å². The Balaban J connectivity index is 2.45. The van der Waals surface area contributed by atoms with Gasteiger partial charge in [-0.25, -0.2) is 0 Å². The molecule has 2 N–H and O–H groups in total. The van der Waals surface area contributed by atoms with Gasteiger partial charge in [0.15, 0.2) is 0 Å². The standard InChI is InChI=1S/C9H16F3NO/c1-2-14-8(13)5-3-7(4-6-8)9(10,11)12/h7H,2-6,13H2,1H3. The minimum atomic E-state index is -4.08. The van der Waals surface area contributed by atoms with E-state index in [1.54, 1.807) is 6.92 Å². The lowest BCUT2D eigenvalue weighted by molar-refractivity contribution is -0.195. The largest absolute Gasteiger partial charge is 0.391 e. The number of hydrogen-bond donors (Lipinski definition) is 1. The summed E-state index contributed by atoms with van der Waals surface area (Å²) >= 11 is 0. The Bertz CT molecular complexity index is 185. The van der Waals surface area contributed by atoms with Crippen LogP contribution in [0.4, 0.5) is 13.2 Å². The lowest BCUT2D eigenvalue weighted by Gasteiger charge is -2.37. The summed E-state index contributed by atoms with van der Waals surface area (Å²) in [5, 5.41) is 0. The average Bonchev–Trinajstić information content (AvgIpc) is 2.03. The van der Waals surface area contributed by atoms with Gasteiger partial charge >= 0.3 is 6.18 Å². The number of halogens is 3. The van der Waals surface area contributed by atoms with Crippen LogP contribution in [-0.4, -0.2) is 18.5 Å². The number of hydrogen-bond acceptors (Lipinski definition) is 2. The summed E-state index contributed by atoms with van der Waals surface area (Å²) in [4.78, 5) is 0. The smallest absolute Gasteiger partial charge is 0.361 e. The molecule has 0 aromatic heterocycles. The first-order valence-corrected chi connectivity index (χ1v) is 4.87. The molecule has 0 amide bonds. The fraction of sp³-hybridized carbons (Fsp3) is 1.00. The Morgan fingerprint density at radius 2 is 1.86 bits per heavy atom. The molecule has 1 rings (SSSR count). The molecule has 0 atom stereocenters. The summed E-state index contributed by atoms with van der Waals surface area (Å²) in [6.45, 7) is 2.25. The van der Waals surface area contributed by atoms with Crippen molar-refractivity contribution in [3.8, 4) is 0 Å². The van der Waals surface area contributed by atoms with Crippen LogP contribution < -0.4 is 5.73 Å². The van der Waals surface area contributed by atoms with Crippen LogP contribution in [0.3, 0.4) is 0 Å². The van der Waals surface area contributed by atoms with Gasteiger partial charge in [-0.3, -0.25) is 0 Å². The van der Waals surface area contributed by atoms with Gasteiger partial charge < -0.3 is 10.5 Å². The Morgan fingerprint density at radius 3 is 2.21 bits per heavy atom. The van der Waals surface area contributed by atoms with Gasteiger partial charge in [0.25, 0.3) is 0 Å². The van der Waals surface area contributed by atoms with E-state index in [1.165, 1.54) is 0 Å². The monoisotopic (exact) mass is 211 g/mol. The molecule has 0 aromatic rings. The van der Waals surface area contributed by atoms with Crippen molar-refractivity contribution in [3.05, 3.63) is 0 Å². The predicted molar refractivity (Wildman–Crippen MR) is 46.6 cm³/mol. The summed E-state index contributed by atoms with van der Waals surface area (Å²) < 4.78 is 42.1. The van der Waals surface area contributed by atoms with Crippen molar-refractivity contribution < 1.29 is 17.9 Å². The summed E-state index contributed by atoms with van der Waals surface area (Å²) in [6.07, 6.45) is -3.32. The Morgan fingerprint density at radius 1 is 1.36 bits per heavy atom. The highest BCUT2D eigenvalue weighted by molar-refractivity contribution is 4.84. The van der Waals surface area contributed by atoms with Gasteiger partial charge in [-0.05, 0) is 32.6 Å². The molecule has 0 aromatic carbocycles. The molecular formula is C9H16F3NO. The molecular weight excluding hydrogens is 195 g/mol. The van der Waals surface area contributed by atoms with Crippen molar-refractivity contribution in [3.63, 3.8) is 0 Å². The van der Waals surface area contributed by atoms with Crippen molar-refractivity contribution in [2.75, 3.05) is 6.61 Å². The van der Waals surface area contributed by atoms with Crippen molar-refractivity contribution in [1.29, 1.82) is 0 Å². The van der Waals surface area contributed by atoms with Crippen LogP contribution in [0.5, 0.6) is 0 Å². The van der Waals surface area contributed by atoms with E-state index in [2.05, 4.69) is 0 Å². The molecule has 0 spiro atoms. The van der Waals surface area contributed by atoms with Crippen LogP contribution in [0.15, 0.2) is 0 Å². The normalized spacial score (nSPS) is 34.5. The second-order valence-electron chi connectivity index (χ2n) is 3.81. The fourth-order valence-corrected chi connectivity index (χ4v) is 1.87. The first-order chi connectivity index (χ1) is 6.37. The molecule has 84 valence electrons. The molecule has 0 unspecified atom stereocenters. The first-order valence-electron chi connectivity index (χ1n) is 4.87. The molecule has 1 saturated carbocycles. The molecule has 1 aliphatic rings. The summed E-state index contributed by atoms with van der Waals surface area (Å²) in [5.41, 5.74) is 4.96. The molecule has 14 heavy (non-hydrogen) atoms. The van der Waals surface area contributed by atoms with Gasteiger partial charge in [0.1, 0.15) is 5.72 Å². The second-order valence-corrected chi connectivity index (χ2v) is 3.81. The van der Waals surface area contributed by atoms with E-state index in [4.69, 9.17) is 10.5 Å². The van der Waals surface area contributed by atoms with Crippen LogP contribution in [0.2, 0.25) is 0 Å². The van der Waals surface area contributed by atoms with Crippen LogP contribution >= 0.6 is 0 Å². The van der Waals surface area contributed by atoms with Crippen molar-refractivity contribution in [2.24, 2.45) is 11.7 Å². The third-order valence-electron chi connectivity index (χ3n) is 2.73. The fourth-order valence-electron chi connectivity index (χ4n) is 1.87. The minimum Gasteiger partial charge on any atom is -0.361 e. The summed E-state index contributed by atoms with van der Waals surface area (Å²) in [7, 11) is 0. The molecule has 0 bridgehead atoms. The quantitative estimate of drug-likeness (QED) is 0.712.